The van der Waals surface area contributed by atoms with E-state index in [1.54, 1.807) is 23.1 Å². The number of aliphatic hydroxyl groups is 1. The van der Waals surface area contributed by atoms with E-state index in [2.05, 4.69) is 0 Å². The minimum atomic E-state index is -5.68. The van der Waals surface area contributed by atoms with Gasteiger partial charge in [0.15, 0.2) is 0 Å². The third kappa shape index (κ3) is 4.36. The number of halogens is 5. The van der Waals surface area contributed by atoms with Crippen molar-refractivity contribution in [3.05, 3.63) is 52.8 Å². The van der Waals surface area contributed by atoms with E-state index < -0.39 is 23.3 Å². The standard InChI is InChI=1S/C25H30F5N3O3/c1-16(2)36-19-5-4-17(14-18(19)15-34)22(35)32-10-8-23(9-11-32)20-6-7-21(24(26,27)25(28,29)30)33(20)13-12-31(23)3/h4-7,14,16,34H,8-13,15H2,1-3H3. The van der Waals surface area contributed by atoms with Gasteiger partial charge in [0.1, 0.15) is 5.75 Å². The summed E-state index contributed by atoms with van der Waals surface area (Å²) in [5.74, 6) is -4.69. The number of aliphatic hydroxyl groups excluding tert-OH is 1. The molecule has 0 atom stereocenters. The Labute approximate surface area is 206 Å². The van der Waals surface area contributed by atoms with Gasteiger partial charge in [0.05, 0.1) is 23.9 Å². The summed E-state index contributed by atoms with van der Waals surface area (Å²) in [5, 5.41) is 9.71. The minimum Gasteiger partial charge on any atom is -0.491 e. The summed E-state index contributed by atoms with van der Waals surface area (Å²) in [4.78, 5) is 16.8. The molecule has 1 N–H and O–H groups in total. The number of amides is 1. The first-order valence-electron chi connectivity index (χ1n) is 11.9. The molecule has 0 aliphatic carbocycles. The van der Waals surface area contributed by atoms with Crippen molar-refractivity contribution in [3.63, 3.8) is 0 Å². The van der Waals surface area contributed by atoms with Crippen LogP contribution in [0.2, 0.25) is 0 Å². The molecule has 2 aliphatic heterocycles. The van der Waals surface area contributed by atoms with Crippen molar-refractivity contribution in [3.8, 4) is 5.75 Å². The Morgan fingerprint density at radius 1 is 1.06 bits per heavy atom. The number of alkyl halides is 5. The van der Waals surface area contributed by atoms with Gasteiger partial charge in [0, 0.05) is 43.0 Å². The van der Waals surface area contributed by atoms with Crippen LogP contribution in [0.15, 0.2) is 30.3 Å². The summed E-state index contributed by atoms with van der Waals surface area (Å²) < 4.78 is 74.4. The molecule has 0 bridgehead atoms. The zero-order valence-corrected chi connectivity index (χ0v) is 20.4. The molecule has 1 spiro atoms. The number of rotatable bonds is 5. The predicted molar refractivity (Wildman–Crippen MR) is 122 cm³/mol. The van der Waals surface area contributed by atoms with Crippen LogP contribution in [-0.4, -0.2) is 64.3 Å². The highest BCUT2D eigenvalue weighted by Crippen LogP contribution is 2.48. The Balaban J connectivity index is 1.56. The smallest absolute Gasteiger partial charge is 0.459 e. The SMILES string of the molecule is CC(C)Oc1ccc(C(=O)N2CCC3(CC2)c2ccc(C(F)(F)C(F)(F)F)n2CCN3C)cc1CO. The number of benzene rings is 1. The third-order valence-corrected chi connectivity index (χ3v) is 7.24. The molecule has 1 fully saturated rings. The molecule has 6 nitrogen and oxygen atoms in total. The summed E-state index contributed by atoms with van der Waals surface area (Å²) in [6, 6.07) is 7.11. The summed E-state index contributed by atoms with van der Waals surface area (Å²) in [5.41, 5.74) is -0.499. The van der Waals surface area contributed by atoms with Crippen molar-refractivity contribution >= 4 is 5.91 Å². The van der Waals surface area contributed by atoms with Crippen molar-refractivity contribution in [2.45, 2.75) is 63.6 Å². The fourth-order valence-corrected chi connectivity index (χ4v) is 5.30. The zero-order chi connectivity index (χ0) is 26.5. The molecule has 3 heterocycles. The lowest BCUT2D eigenvalue weighted by Crippen LogP contribution is -2.57. The Kier molecular flexibility index (Phi) is 6.85. The monoisotopic (exact) mass is 515 g/mol. The van der Waals surface area contributed by atoms with Gasteiger partial charge in [-0.1, -0.05) is 0 Å². The molecule has 1 amide bonds. The second-order valence-electron chi connectivity index (χ2n) is 9.72. The van der Waals surface area contributed by atoms with Crippen molar-refractivity contribution in [2.24, 2.45) is 0 Å². The van der Waals surface area contributed by atoms with Crippen LogP contribution in [0.5, 0.6) is 5.75 Å². The number of fused-ring (bicyclic) bond motifs is 2. The molecule has 11 heteroatoms. The van der Waals surface area contributed by atoms with Gasteiger partial charge in [-0.05, 0) is 64.1 Å². The maximum Gasteiger partial charge on any atom is 0.459 e. The Morgan fingerprint density at radius 3 is 2.31 bits per heavy atom. The van der Waals surface area contributed by atoms with Gasteiger partial charge < -0.3 is 19.3 Å². The van der Waals surface area contributed by atoms with Crippen LogP contribution in [0.1, 0.15) is 54.0 Å². The first-order chi connectivity index (χ1) is 16.8. The van der Waals surface area contributed by atoms with Crippen molar-refractivity contribution in [1.82, 2.24) is 14.4 Å². The molecule has 36 heavy (non-hydrogen) atoms. The molecule has 2 aliphatic rings. The lowest BCUT2D eigenvalue weighted by Gasteiger charge is -2.50. The summed E-state index contributed by atoms with van der Waals surface area (Å²) in [6.45, 7) is 4.37. The highest BCUT2D eigenvalue weighted by atomic mass is 19.4. The van der Waals surface area contributed by atoms with Gasteiger partial charge in [-0.15, -0.1) is 0 Å². The average molecular weight is 516 g/mol. The number of likely N-dealkylation sites (tertiary alicyclic amines) is 1. The third-order valence-electron chi connectivity index (χ3n) is 7.24. The van der Waals surface area contributed by atoms with E-state index in [4.69, 9.17) is 4.74 Å². The molecule has 1 aromatic carbocycles. The maximum atomic E-state index is 14.2. The van der Waals surface area contributed by atoms with E-state index in [0.717, 1.165) is 10.6 Å². The van der Waals surface area contributed by atoms with Gasteiger partial charge in [-0.25, -0.2) is 0 Å². The van der Waals surface area contributed by atoms with E-state index in [-0.39, 0.29) is 25.2 Å². The van der Waals surface area contributed by atoms with Gasteiger partial charge in [-0.3, -0.25) is 9.69 Å². The fourth-order valence-electron chi connectivity index (χ4n) is 5.30. The van der Waals surface area contributed by atoms with Crippen LogP contribution in [-0.2, 0) is 24.6 Å². The van der Waals surface area contributed by atoms with Crippen molar-refractivity contribution in [2.75, 3.05) is 26.7 Å². The number of nitrogens with zero attached hydrogens (tertiary/aromatic N) is 3. The minimum absolute atomic E-state index is 0.0268. The second kappa shape index (κ2) is 9.33. The Hall–Kier alpha value is -2.66. The normalized spacial score (nSPS) is 18.6. The molecule has 4 rings (SSSR count). The number of ether oxygens (including phenoxy) is 1. The van der Waals surface area contributed by atoms with Crippen LogP contribution in [0.4, 0.5) is 22.0 Å². The molecular formula is C25H30F5N3O3. The molecule has 0 saturated carbocycles. The van der Waals surface area contributed by atoms with Crippen molar-refractivity contribution in [1.29, 1.82) is 0 Å². The topological polar surface area (TPSA) is 57.9 Å². The Bertz CT molecular complexity index is 1120. The number of hydrogen-bond acceptors (Lipinski definition) is 4. The molecule has 0 radical (unpaired) electrons. The van der Waals surface area contributed by atoms with E-state index in [9.17, 15) is 31.9 Å². The van der Waals surface area contributed by atoms with E-state index in [1.807, 2.05) is 25.8 Å². The highest BCUT2D eigenvalue weighted by molar-refractivity contribution is 5.94. The highest BCUT2D eigenvalue weighted by Gasteiger charge is 2.61. The van der Waals surface area contributed by atoms with Crippen LogP contribution in [0.25, 0.3) is 0 Å². The zero-order valence-electron chi connectivity index (χ0n) is 20.4. The summed E-state index contributed by atoms with van der Waals surface area (Å²) in [6.07, 6.45) is -5.01. The molecule has 0 unspecified atom stereocenters. The fraction of sp³-hybridized carbons (Fsp3) is 0.560. The summed E-state index contributed by atoms with van der Waals surface area (Å²) in [7, 11) is 1.83. The lowest BCUT2D eigenvalue weighted by molar-refractivity contribution is -0.292. The van der Waals surface area contributed by atoms with Gasteiger partial charge in [0.25, 0.3) is 5.91 Å². The number of hydrogen-bond donors (Lipinski definition) is 1. The number of aromatic nitrogens is 1. The van der Waals surface area contributed by atoms with Gasteiger partial charge >= 0.3 is 12.1 Å². The molecule has 2 aromatic rings. The average Bonchev–Trinajstić information content (AvgIpc) is 3.27. The van der Waals surface area contributed by atoms with Crippen LogP contribution in [0, 0.1) is 0 Å². The lowest BCUT2D eigenvalue weighted by atomic mass is 9.81. The number of carbonyl (C=O) groups excluding carboxylic acids is 1. The molecule has 1 saturated heterocycles. The van der Waals surface area contributed by atoms with E-state index in [0.29, 0.717) is 55.0 Å². The maximum absolute atomic E-state index is 14.2. The number of likely N-dealkylation sites (N-methyl/N-ethyl adjacent to an activating group) is 1. The van der Waals surface area contributed by atoms with E-state index >= 15 is 0 Å². The molecular weight excluding hydrogens is 485 g/mol. The molecule has 1 aromatic heterocycles. The second-order valence-corrected chi connectivity index (χ2v) is 9.72. The summed E-state index contributed by atoms with van der Waals surface area (Å²) >= 11 is 0. The van der Waals surface area contributed by atoms with Crippen molar-refractivity contribution < 1.29 is 36.6 Å². The predicted octanol–water partition coefficient (Wildman–Crippen LogP) is 4.50. The van der Waals surface area contributed by atoms with Crippen LogP contribution >= 0.6 is 0 Å². The van der Waals surface area contributed by atoms with Gasteiger partial charge in [-0.2, -0.15) is 22.0 Å². The first-order valence-corrected chi connectivity index (χ1v) is 11.9. The quantitative estimate of drug-likeness (QED) is 0.596. The van der Waals surface area contributed by atoms with Crippen LogP contribution in [0.3, 0.4) is 0 Å². The Morgan fingerprint density at radius 2 is 1.72 bits per heavy atom. The number of piperidine rings is 1. The van der Waals surface area contributed by atoms with Crippen LogP contribution < -0.4 is 4.74 Å². The largest absolute Gasteiger partial charge is 0.491 e. The first kappa shape index (κ1) is 26.4. The van der Waals surface area contributed by atoms with E-state index in [1.165, 1.54) is 6.07 Å². The molecule has 198 valence electrons. The van der Waals surface area contributed by atoms with Gasteiger partial charge in [0.2, 0.25) is 0 Å². The number of carbonyl (C=O) groups is 1.